The lowest BCUT2D eigenvalue weighted by Crippen LogP contribution is -1.98. The van der Waals surface area contributed by atoms with E-state index in [0.717, 1.165) is 11.3 Å². The summed E-state index contributed by atoms with van der Waals surface area (Å²) in [6.45, 7) is 19.6. The minimum absolute atomic E-state index is 1.11. The van der Waals surface area contributed by atoms with E-state index in [9.17, 15) is 0 Å². The maximum atomic E-state index is 3.94. The number of rotatable bonds is 6. The van der Waals surface area contributed by atoms with E-state index in [1.54, 1.807) is 12.2 Å². The molecule has 1 heteroatoms. The molecule has 0 fully saturated rings. The van der Waals surface area contributed by atoms with Crippen LogP contribution in [0.15, 0.2) is 56.2 Å². The van der Waals surface area contributed by atoms with Gasteiger partial charge >= 0.3 is 0 Å². The van der Waals surface area contributed by atoms with Crippen molar-refractivity contribution in [3.8, 4) is 0 Å². The predicted octanol–water partition coefficient (Wildman–Crippen LogP) is 6.35. The molecule has 0 aliphatic heterocycles. The van der Waals surface area contributed by atoms with Crippen molar-refractivity contribution < 1.29 is 0 Å². The van der Waals surface area contributed by atoms with Gasteiger partial charge in [-0.05, 0) is 31.1 Å². The Bertz CT molecular complexity index is 604. The SMILES string of the molecule is C=C/C=C\C(=C/C=C)c1c(C)c(C=C)c(/C=C\C)n1C.CC. The van der Waals surface area contributed by atoms with E-state index in [2.05, 4.69) is 44.4 Å². The Hall–Kier alpha value is -2.28. The predicted molar refractivity (Wildman–Crippen MR) is 104 cm³/mol. The molecular weight excluding hydrogens is 266 g/mol. The smallest absolute Gasteiger partial charge is 0.0518 e. The molecule has 1 rings (SSSR count). The highest BCUT2D eigenvalue weighted by Crippen LogP contribution is 2.30. The molecular formula is C21H29N. The van der Waals surface area contributed by atoms with E-state index in [-0.39, 0.29) is 0 Å². The van der Waals surface area contributed by atoms with Crippen molar-refractivity contribution in [2.45, 2.75) is 27.7 Å². The van der Waals surface area contributed by atoms with E-state index in [0.29, 0.717) is 0 Å². The zero-order valence-electron chi connectivity index (χ0n) is 14.7. The molecule has 0 unspecified atom stereocenters. The van der Waals surface area contributed by atoms with Gasteiger partial charge in [-0.15, -0.1) is 0 Å². The molecule has 0 bridgehead atoms. The van der Waals surface area contributed by atoms with Gasteiger partial charge in [-0.2, -0.15) is 0 Å². The van der Waals surface area contributed by atoms with Crippen molar-refractivity contribution >= 4 is 17.7 Å². The minimum atomic E-state index is 1.11. The summed E-state index contributed by atoms with van der Waals surface area (Å²) >= 11 is 0. The molecule has 0 saturated carbocycles. The number of allylic oxidation sites excluding steroid dienone is 7. The van der Waals surface area contributed by atoms with Crippen LogP contribution in [0.3, 0.4) is 0 Å². The summed E-state index contributed by atoms with van der Waals surface area (Å²) in [7, 11) is 2.07. The van der Waals surface area contributed by atoms with E-state index < -0.39 is 0 Å². The molecule has 0 saturated heterocycles. The molecule has 0 amide bonds. The fraction of sp³-hybridized carbons (Fsp3) is 0.238. The lowest BCUT2D eigenvalue weighted by Gasteiger charge is -2.07. The first-order valence-electron chi connectivity index (χ1n) is 7.68. The first-order valence-corrected chi connectivity index (χ1v) is 7.68. The molecule has 1 aromatic heterocycles. The standard InChI is InChI=1S/C19H23N.C2H6/c1-7-11-14-16(12-8-2)19-15(5)17(10-4)18(13-9-3)20(19)6;1-2/h7-14H,1-2,4H2,3,5-6H3;1-2H3/b13-9-,14-11-,16-12+;. The monoisotopic (exact) mass is 295 g/mol. The van der Waals surface area contributed by atoms with Gasteiger partial charge in [0.25, 0.3) is 0 Å². The average molecular weight is 295 g/mol. The Morgan fingerprint density at radius 3 is 2.18 bits per heavy atom. The molecule has 0 radical (unpaired) electrons. The highest BCUT2D eigenvalue weighted by atomic mass is 15.0. The lowest BCUT2D eigenvalue weighted by atomic mass is 10.0. The van der Waals surface area contributed by atoms with Crippen molar-refractivity contribution in [2.24, 2.45) is 7.05 Å². The summed E-state index contributed by atoms with van der Waals surface area (Å²) in [5.41, 5.74) is 5.83. The molecule has 0 aromatic carbocycles. The molecule has 0 aliphatic rings. The first kappa shape index (κ1) is 19.7. The van der Waals surface area contributed by atoms with Gasteiger partial charge in [0.1, 0.15) is 0 Å². The van der Waals surface area contributed by atoms with Gasteiger partial charge in [-0.1, -0.05) is 76.1 Å². The van der Waals surface area contributed by atoms with E-state index >= 15 is 0 Å². The second kappa shape index (κ2) is 10.4. The van der Waals surface area contributed by atoms with Crippen LogP contribution in [0.4, 0.5) is 0 Å². The largest absolute Gasteiger partial charge is 0.343 e. The molecule has 0 atom stereocenters. The molecule has 0 spiro atoms. The van der Waals surface area contributed by atoms with Crippen LogP contribution in [-0.4, -0.2) is 4.57 Å². The summed E-state index contributed by atoms with van der Waals surface area (Å²) in [5, 5.41) is 0. The third-order valence-corrected chi connectivity index (χ3v) is 3.24. The van der Waals surface area contributed by atoms with Crippen LogP contribution in [0.25, 0.3) is 17.7 Å². The van der Waals surface area contributed by atoms with Gasteiger partial charge in [0.2, 0.25) is 0 Å². The second-order valence-electron chi connectivity index (χ2n) is 4.49. The van der Waals surface area contributed by atoms with Gasteiger partial charge in [-0.25, -0.2) is 0 Å². The maximum absolute atomic E-state index is 3.94. The van der Waals surface area contributed by atoms with Crippen LogP contribution < -0.4 is 0 Å². The molecule has 22 heavy (non-hydrogen) atoms. The minimum Gasteiger partial charge on any atom is -0.343 e. The second-order valence-corrected chi connectivity index (χ2v) is 4.49. The molecule has 0 aliphatic carbocycles. The van der Waals surface area contributed by atoms with Crippen LogP contribution in [0.2, 0.25) is 0 Å². The van der Waals surface area contributed by atoms with Gasteiger partial charge in [-0.3, -0.25) is 0 Å². The summed E-state index contributed by atoms with van der Waals surface area (Å²) in [6.07, 6.45) is 15.6. The normalized spacial score (nSPS) is 11.4. The molecule has 1 heterocycles. The van der Waals surface area contributed by atoms with Gasteiger partial charge in [0, 0.05) is 18.3 Å². The summed E-state index contributed by atoms with van der Waals surface area (Å²) in [6, 6.07) is 0. The van der Waals surface area contributed by atoms with Gasteiger partial charge in [0.15, 0.2) is 0 Å². The van der Waals surface area contributed by atoms with Gasteiger partial charge in [0.05, 0.1) is 5.69 Å². The summed E-state index contributed by atoms with van der Waals surface area (Å²) < 4.78 is 2.19. The highest BCUT2D eigenvalue weighted by molar-refractivity contribution is 5.81. The van der Waals surface area contributed by atoms with Crippen molar-refractivity contribution in [3.05, 3.63) is 78.7 Å². The quantitative estimate of drug-likeness (QED) is 0.539. The molecule has 0 N–H and O–H groups in total. The van der Waals surface area contributed by atoms with Crippen molar-refractivity contribution in [3.63, 3.8) is 0 Å². The Kier molecular flexibility index (Phi) is 9.36. The number of aromatic nitrogens is 1. The van der Waals surface area contributed by atoms with Crippen LogP contribution >= 0.6 is 0 Å². The fourth-order valence-corrected chi connectivity index (χ4v) is 2.41. The van der Waals surface area contributed by atoms with Crippen molar-refractivity contribution in [1.29, 1.82) is 0 Å². The fourth-order valence-electron chi connectivity index (χ4n) is 2.41. The van der Waals surface area contributed by atoms with Crippen LogP contribution in [0.5, 0.6) is 0 Å². The average Bonchev–Trinajstić information content (AvgIpc) is 2.77. The van der Waals surface area contributed by atoms with Gasteiger partial charge < -0.3 is 4.57 Å². The zero-order valence-corrected chi connectivity index (χ0v) is 14.7. The van der Waals surface area contributed by atoms with E-state index in [1.807, 2.05) is 51.2 Å². The third kappa shape index (κ3) is 4.36. The zero-order chi connectivity index (χ0) is 17.1. The summed E-state index contributed by atoms with van der Waals surface area (Å²) in [5.74, 6) is 0. The Morgan fingerprint density at radius 1 is 1.09 bits per heavy atom. The maximum Gasteiger partial charge on any atom is 0.0518 e. The highest BCUT2D eigenvalue weighted by Gasteiger charge is 2.15. The molecule has 1 nitrogen and oxygen atoms in total. The Labute approximate surface area is 136 Å². The number of hydrogen-bond donors (Lipinski definition) is 0. The number of hydrogen-bond acceptors (Lipinski definition) is 0. The van der Waals surface area contributed by atoms with Crippen LogP contribution in [-0.2, 0) is 7.05 Å². The Morgan fingerprint density at radius 2 is 1.73 bits per heavy atom. The van der Waals surface area contributed by atoms with Crippen molar-refractivity contribution in [2.75, 3.05) is 0 Å². The Balaban J connectivity index is 0.00000211. The van der Waals surface area contributed by atoms with E-state index in [1.165, 1.54) is 16.8 Å². The van der Waals surface area contributed by atoms with Crippen LogP contribution in [0.1, 0.15) is 43.3 Å². The van der Waals surface area contributed by atoms with Crippen LogP contribution in [0, 0.1) is 6.92 Å². The summed E-state index contributed by atoms with van der Waals surface area (Å²) in [4.78, 5) is 0. The van der Waals surface area contributed by atoms with Crippen molar-refractivity contribution in [1.82, 2.24) is 4.57 Å². The molecule has 1 aromatic rings. The topological polar surface area (TPSA) is 4.93 Å². The van der Waals surface area contributed by atoms with E-state index in [4.69, 9.17) is 0 Å². The third-order valence-electron chi connectivity index (χ3n) is 3.24. The first-order chi connectivity index (χ1) is 10.6. The lowest BCUT2D eigenvalue weighted by molar-refractivity contribution is 0.894. The molecule has 118 valence electrons. The number of nitrogens with zero attached hydrogens (tertiary/aromatic N) is 1.